The van der Waals surface area contributed by atoms with E-state index in [1.165, 1.54) is 18.2 Å². The Labute approximate surface area is 188 Å². The molecule has 0 aliphatic rings. The minimum absolute atomic E-state index is 0.114. The Morgan fingerprint density at radius 2 is 1.74 bits per heavy atom. The highest BCUT2D eigenvalue weighted by Gasteiger charge is 2.26. The SMILES string of the molecule is Cc1ccc2c(c1)c(C(=O)C(=O)Nc1cccc(F)c1)c(Cl)n2Cc1ccc(Cl)cc1. The number of nitrogens with one attached hydrogen (secondary N) is 1. The van der Waals surface area contributed by atoms with E-state index in [1.54, 1.807) is 16.7 Å². The quantitative estimate of drug-likeness (QED) is 0.285. The molecule has 0 atom stereocenters. The average Bonchev–Trinajstić information content (AvgIpc) is 2.99. The summed E-state index contributed by atoms with van der Waals surface area (Å²) in [7, 11) is 0. The number of halogens is 3. The Hall–Kier alpha value is -3.15. The van der Waals surface area contributed by atoms with Crippen molar-refractivity contribution in [2.75, 3.05) is 5.32 Å². The molecule has 1 N–H and O–H groups in total. The number of carbonyl (C=O) groups excluding carboxylic acids is 2. The van der Waals surface area contributed by atoms with Crippen LogP contribution in [0.5, 0.6) is 0 Å². The molecule has 0 fully saturated rings. The highest BCUT2D eigenvalue weighted by Crippen LogP contribution is 2.32. The molecule has 4 aromatic rings. The topological polar surface area (TPSA) is 51.1 Å². The van der Waals surface area contributed by atoms with Crippen LogP contribution < -0.4 is 5.32 Å². The minimum Gasteiger partial charge on any atom is -0.327 e. The van der Waals surface area contributed by atoms with Crippen molar-refractivity contribution in [1.82, 2.24) is 4.57 Å². The van der Waals surface area contributed by atoms with Crippen molar-refractivity contribution in [2.45, 2.75) is 13.5 Å². The number of anilines is 1. The molecule has 31 heavy (non-hydrogen) atoms. The van der Waals surface area contributed by atoms with Gasteiger partial charge in [-0.05, 0) is 55.0 Å². The summed E-state index contributed by atoms with van der Waals surface area (Å²) < 4.78 is 15.2. The highest BCUT2D eigenvalue weighted by molar-refractivity contribution is 6.51. The molecule has 1 amide bonds. The number of carbonyl (C=O) groups is 2. The number of nitrogens with zero attached hydrogens (tertiary/aromatic N) is 1. The first-order valence-corrected chi connectivity index (χ1v) is 10.2. The fourth-order valence-corrected chi connectivity index (χ4v) is 3.91. The normalized spacial score (nSPS) is 11.0. The predicted octanol–water partition coefficient (Wildman–Crippen LogP) is 6.27. The molecule has 4 nitrogen and oxygen atoms in total. The van der Waals surface area contributed by atoms with Gasteiger partial charge < -0.3 is 9.88 Å². The predicted molar refractivity (Wildman–Crippen MR) is 122 cm³/mol. The van der Waals surface area contributed by atoms with E-state index in [0.29, 0.717) is 17.0 Å². The van der Waals surface area contributed by atoms with E-state index in [4.69, 9.17) is 23.2 Å². The second-order valence-corrected chi connectivity index (χ2v) is 7.99. The van der Waals surface area contributed by atoms with Crippen molar-refractivity contribution >= 4 is 51.5 Å². The average molecular weight is 455 g/mol. The lowest BCUT2D eigenvalue weighted by Gasteiger charge is -2.08. The molecule has 0 radical (unpaired) electrons. The smallest absolute Gasteiger partial charge is 0.296 e. The molecule has 0 saturated heterocycles. The first kappa shape index (κ1) is 21.1. The van der Waals surface area contributed by atoms with E-state index in [0.717, 1.165) is 22.7 Å². The van der Waals surface area contributed by atoms with Gasteiger partial charge in [0.15, 0.2) is 0 Å². The number of benzene rings is 3. The van der Waals surface area contributed by atoms with E-state index in [1.807, 2.05) is 37.3 Å². The van der Waals surface area contributed by atoms with Crippen molar-refractivity contribution in [1.29, 1.82) is 0 Å². The van der Waals surface area contributed by atoms with Gasteiger partial charge in [-0.2, -0.15) is 0 Å². The summed E-state index contributed by atoms with van der Waals surface area (Å²) in [6.07, 6.45) is 0. The van der Waals surface area contributed by atoms with Crippen molar-refractivity contribution in [3.63, 3.8) is 0 Å². The van der Waals surface area contributed by atoms with Crippen LogP contribution in [-0.4, -0.2) is 16.3 Å². The minimum atomic E-state index is -0.889. The molecule has 0 aliphatic carbocycles. The maximum absolute atomic E-state index is 13.4. The summed E-state index contributed by atoms with van der Waals surface area (Å²) in [5.74, 6) is -2.20. The molecular weight excluding hydrogens is 438 g/mol. The Bertz CT molecular complexity index is 1310. The summed E-state index contributed by atoms with van der Waals surface area (Å²) in [6, 6.07) is 18.2. The lowest BCUT2D eigenvalue weighted by atomic mass is 10.1. The number of Topliss-reactive ketones (excluding diaryl/α,β-unsaturated/α-hetero) is 1. The van der Waals surface area contributed by atoms with Crippen LogP contribution in [0.15, 0.2) is 66.7 Å². The molecule has 0 unspecified atom stereocenters. The van der Waals surface area contributed by atoms with Crippen molar-refractivity contribution in [3.05, 3.63) is 99.4 Å². The molecular formula is C24H17Cl2FN2O2. The molecule has 7 heteroatoms. The second kappa shape index (κ2) is 8.53. The summed E-state index contributed by atoms with van der Waals surface area (Å²) >= 11 is 12.6. The Kier molecular flexibility index (Phi) is 5.81. The van der Waals surface area contributed by atoms with Gasteiger partial charge in [0.1, 0.15) is 11.0 Å². The van der Waals surface area contributed by atoms with Crippen LogP contribution >= 0.6 is 23.2 Å². The lowest BCUT2D eigenvalue weighted by molar-refractivity contribution is -0.112. The number of amides is 1. The van der Waals surface area contributed by atoms with Crippen molar-refractivity contribution in [3.8, 4) is 0 Å². The molecule has 0 spiro atoms. The first-order chi connectivity index (χ1) is 14.8. The third-order valence-electron chi connectivity index (χ3n) is 4.93. The molecule has 1 aromatic heterocycles. The Morgan fingerprint density at radius 3 is 2.45 bits per heavy atom. The lowest BCUT2D eigenvalue weighted by Crippen LogP contribution is -2.23. The van der Waals surface area contributed by atoms with Gasteiger partial charge in [-0.3, -0.25) is 9.59 Å². The van der Waals surface area contributed by atoms with Crippen LogP contribution in [0.25, 0.3) is 10.9 Å². The molecule has 4 rings (SSSR count). The van der Waals surface area contributed by atoms with Gasteiger partial charge >= 0.3 is 0 Å². The van der Waals surface area contributed by atoms with Crippen LogP contribution in [0.4, 0.5) is 10.1 Å². The third kappa shape index (κ3) is 4.33. The van der Waals surface area contributed by atoms with Gasteiger partial charge in [0.2, 0.25) is 0 Å². The highest BCUT2D eigenvalue weighted by atomic mass is 35.5. The monoisotopic (exact) mass is 454 g/mol. The zero-order valence-electron chi connectivity index (χ0n) is 16.5. The van der Waals surface area contributed by atoms with Gasteiger partial charge in [-0.25, -0.2) is 4.39 Å². The standard InChI is InChI=1S/C24H17Cl2FN2O2/c1-14-5-10-20-19(11-14)21(22(30)24(31)28-18-4-2-3-17(27)12-18)23(26)29(20)13-15-6-8-16(25)9-7-15/h2-12H,13H2,1H3,(H,28,31). The zero-order valence-corrected chi connectivity index (χ0v) is 18.0. The molecule has 156 valence electrons. The van der Waals surface area contributed by atoms with E-state index < -0.39 is 17.5 Å². The number of aryl methyl sites for hydroxylation is 1. The van der Waals surface area contributed by atoms with Crippen LogP contribution in [-0.2, 0) is 11.3 Å². The fraction of sp³-hybridized carbons (Fsp3) is 0.0833. The Balaban J connectivity index is 1.75. The summed E-state index contributed by atoms with van der Waals surface area (Å²) in [4.78, 5) is 25.7. The number of fused-ring (bicyclic) bond motifs is 1. The van der Waals surface area contributed by atoms with Gasteiger partial charge in [-0.1, -0.05) is 53.0 Å². The van der Waals surface area contributed by atoms with Crippen LogP contribution in [0.2, 0.25) is 10.2 Å². The van der Waals surface area contributed by atoms with Crippen LogP contribution in [0, 0.1) is 12.7 Å². The summed E-state index contributed by atoms with van der Waals surface area (Å²) in [6.45, 7) is 2.29. The largest absolute Gasteiger partial charge is 0.327 e. The van der Waals surface area contributed by atoms with Gasteiger partial charge in [0, 0.05) is 22.6 Å². The van der Waals surface area contributed by atoms with Gasteiger partial charge in [-0.15, -0.1) is 0 Å². The zero-order chi connectivity index (χ0) is 22.1. The Morgan fingerprint density at radius 1 is 1.00 bits per heavy atom. The molecule has 0 saturated carbocycles. The van der Waals surface area contributed by atoms with E-state index in [2.05, 4.69) is 5.32 Å². The van der Waals surface area contributed by atoms with Gasteiger partial charge in [0.05, 0.1) is 11.1 Å². The van der Waals surface area contributed by atoms with Gasteiger partial charge in [0.25, 0.3) is 11.7 Å². The second-order valence-electron chi connectivity index (χ2n) is 7.19. The van der Waals surface area contributed by atoms with E-state index in [9.17, 15) is 14.0 Å². The maximum Gasteiger partial charge on any atom is 0.296 e. The van der Waals surface area contributed by atoms with Crippen LogP contribution in [0.1, 0.15) is 21.5 Å². The number of hydrogen-bond donors (Lipinski definition) is 1. The number of aromatic nitrogens is 1. The number of rotatable bonds is 5. The fourth-order valence-electron chi connectivity index (χ4n) is 3.45. The van der Waals surface area contributed by atoms with Crippen LogP contribution in [0.3, 0.4) is 0 Å². The van der Waals surface area contributed by atoms with Crippen molar-refractivity contribution in [2.24, 2.45) is 0 Å². The maximum atomic E-state index is 13.4. The number of ketones is 1. The first-order valence-electron chi connectivity index (χ1n) is 9.47. The molecule has 0 bridgehead atoms. The third-order valence-corrected chi connectivity index (χ3v) is 5.57. The summed E-state index contributed by atoms with van der Waals surface area (Å²) in [5, 5.41) is 3.80. The molecule has 3 aromatic carbocycles. The molecule has 1 heterocycles. The van der Waals surface area contributed by atoms with E-state index >= 15 is 0 Å². The molecule has 0 aliphatic heterocycles. The number of hydrogen-bond acceptors (Lipinski definition) is 2. The van der Waals surface area contributed by atoms with Crippen molar-refractivity contribution < 1.29 is 14.0 Å². The van der Waals surface area contributed by atoms with E-state index in [-0.39, 0.29) is 16.4 Å². The summed E-state index contributed by atoms with van der Waals surface area (Å²) in [5.41, 5.74) is 2.89.